The molecule has 0 spiro atoms. The number of aliphatic carboxylic acids is 1. The SMILES string of the molecule is CC(C)(C)OC(=O)N(CC(=O)O)c1ccccc1Br. The maximum atomic E-state index is 12.1. The molecule has 0 fully saturated rings. The molecule has 1 rings (SSSR count). The van der Waals surface area contributed by atoms with E-state index >= 15 is 0 Å². The minimum absolute atomic E-state index is 0.458. The van der Waals surface area contributed by atoms with Crippen LogP contribution in [0.2, 0.25) is 0 Å². The first-order valence-corrected chi connectivity index (χ1v) is 6.47. The molecule has 1 aromatic carbocycles. The number of halogens is 1. The molecular formula is C13H16BrNO4. The summed E-state index contributed by atoms with van der Waals surface area (Å²) in [5, 5.41) is 8.92. The molecule has 19 heavy (non-hydrogen) atoms. The Balaban J connectivity index is 3.05. The third-order valence-corrected chi connectivity index (χ3v) is 2.72. The molecule has 0 aliphatic carbocycles. The van der Waals surface area contributed by atoms with Gasteiger partial charge >= 0.3 is 12.1 Å². The van der Waals surface area contributed by atoms with Crippen molar-refractivity contribution in [3.8, 4) is 0 Å². The van der Waals surface area contributed by atoms with Crippen LogP contribution in [0.1, 0.15) is 20.8 Å². The molecule has 1 aromatic rings. The van der Waals surface area contributed by atoms with Gasteiger partial charge in [0.2, 0.25) is 0 Å². The van der Waals surface area contributed by atoms with Gasteiger partial charge in [0.05, 0.1) is 5.69 Å². The Bertz CT molecular complexity index is 482. The van der Waals surface area contributed by atoms with Crippen LogP contribution in [0, 0.1) is 0 Å². The van der Waals surface area contributed by atoms with E-state index in [9.17, 15) is 9.59 Å². The molecule has 0 aliphatic rings. The summed E-state index contributed by atoms with van der Waals surface area (Å²) < 4.78 is 5.84. The first-order chi connectivity index (χ1) is 8.70. The van der Waals surface area contributed by atoms with Gasteiger partial charge in [-0.25, -0.2) is 4.79 Å². The van der Waals surface area contributed by atoms with Crippen molar-refractivity contribution in [3.63, 3.8) is 0 Å². The number of anilines is 1. The summed E-state index contributed by atoms with van der Waals surface area (Å²) in [6.45, 7) is 4.72. The molecule has 0 saturated heterocycles. The summed E-state index contributed by atoms with van der Waals surface area (Å²) in [4.78, 5) is 24.0. The van der Waals surface area contributed by atoms with Crippen LogP contribution in [-0.4, -0.2) is 29.3 Å². The van der Waals surface area contributed by atoms with E-state index in [-0.39, 0.29) is 0 Å². The summed E-state index contributed by atoms with van der Waals surface area (Å²) in [6.07, 6.45) is -0.693. The molecule has 0 aromatic heterocycles. The van der Waals surface area contributed by atoms with Crippen molar-refractivity contribution in [2.45, 2.75) is 26.4 Å². The van der Waals surface area contributed by atoms with E-state index in [4.69, 9.17) is 9.84 Å². The van der Waals surface area contributed by atoms with Crippen molar-refractivity contribution < 1.29 is 19.4 Å². The van der Waals surface area contributed by atoms with Crippen LogP contribution in [-0.2, 0) is 9.53 Å². The number of hydrogen-bond acceptors (Lipinski definition) is 3. The summed E-state index contributed by atoms with van der Waals surface area (Å²) in [5.74, 6) is -1.11. The lowest BCUT2D eigenvalue weighted by molar-refractivity contribution is -0.135. The highest BCUT2D eigenvalue weighted by Crippen LogP contribution is 2.27. The Morgan fingerprint density at radius 3 is 2.37 bits per heavy atom. The number of nitrogens with zero attached hydrogens (tertiary/aromatic N) is 1. The van der Waals surface area contributed by atoms with Crippen molar-refractivity contribution in [2.24, 2.45) is 0 Å². The van der Waals surface area contributed by atoms with Crippen molar-refractivity contribution >= 4 is 33.7 Å². The fraction of sp³-hybridized carbons (Fsp3) is 0.385. The largest absolute Gasteiger partial charge is 0.480 e. The number of benzene rings is 1. The van der Waals surface area contributed by atoms with Gasteiger partial charge < -0.3 is 9.84 Å². The monoisotopic (exact) mass is 329 g/mol. The third-order valence-electron chi connectivity index (χ3n) is 2.05. The summed E-state index contributed by atoms with van der Waals surface area (Å²) >= 11 is 3.29. The molecule has 0 bridgehead atoms. The van der Waals surface area contributed by atoms with E-state index in [0.29, 0.717) is 10.2 Å². The van der Waals surface area contributed by atoms with Gasteiger partial charge in [0.15, 0.2) is 0 Å². The van der Waals surface area contributed by atoms with Crippen LogP contribution in [0.4, 0.5) is 10.5 Å². The fourth-order valence-electron chi connectivity index (χ4n) is 1.37. The molecule has 0 aliphatic heterocycles. The zero-order valence-electron chi connectivity index (χ0n) is 11.0. The highest BCUT2D eigenvalue weighted by atomic mass is 79.9. The number of hydrogen-bond donors (Lipinski definition) is 1. The van der Waals surface area contributed by atoms with E-state index < -0.39 is 24.2 Å². The van der Waals surface area contributed by atoms with Crippen LogP contribution < -0.4 is 4.90 Å². The van der Waals surface area contributed by atoms with Crippen LogP contribution in [0.5, 0.6) is 0 Å². The first-order valence-electron chi connectivity index (χ1n) is 5.67. The maximum Gasteiger partial charge on any atom is 0.415 e. The van der Waals surface area contributed by atoms with Gasteiger partial charge in [0.25, 0.3) is 0 Å². The Hall–Kier alpha value is -1.56. The molecule has 0 heterocycles. The van der Waals surface area contributed by atoms with Crippen molar-refractivity contribution in [3.05, 3.63) is 28.7 Å². The van der Waals surface area contributed by atoms with Crippen LogP contribution in [0.15, 0.2) is 28.7 Å². The number of ether oxygens (including phenoxy) is 1. The standard InChI is InChI=1S/C13H16BrNO4/c1-13(2,3)19-12(18)15(8-11(16)17)10-7-5-4-6-9(10)14/h4-7H,8H2,1-3H3,(H,16,17). The van der Waals surface area contributed by atoms with Gasteiger partial charge in [-0.2, -0.15) is 0 Å². The van der Waals surface area contributed by atoms with Gasteiger partial charge in [0, 0.05) is 4.47 Å². The van der Waals surface area contributed by atoms with Gasteiger partial charge in [-0.3, -0.25) is 9.69 Å². The second kappa shape index (κ2) is 6.06. The zero-order valence-corrected chi connectivity index (χ0v) is 12.6. The fourth-order valence-corrected chi connectivity index (χ4v) is 1.87. The van der Waals surface area contributed by atoms with Gasteiger partial charge in [-0.05, 0) is 48.8 Å². The average molecular weight is 330 g/mol. The number of para-hydroxylation sites is 1. The zero-order chi connectivity index (χ0) is 14.6. The molecule has 104 valence electrons. The maximum absolute atomic E-state index is 12.1. The van der Waals surface area contributed by atoms with E-state index in [2.05, 4.69) is 15.9 Å². The van der Waals surface area contributed by atoms with Crippen molar-refractivity contribution in [1.29, 1.82) is 0 Å². The normalized spacial score (nSPS) is 10.9. The Morgan fingerprint density at radius 2 is 1.89 bits per heavy atom. The Labute approximate surface area is 120 Å². The van der Waals surface area contributed by atoms with E-state index in [1.807, 2.05) is 0 Å². The molecule has 0 atom stereocenters. The number of carboxylic acids is 1. The molecule has 5 nitrogen and oxygen atoms in total. The lowest BCUT2D eigenvalue weighted by Crippen LogP contribution is -2.40. The second-order valence-corrected chi connectivity index (χ2v) is 5.77. The van der Waals surface area contributed by atoms with E-state index in [0.717, 1.165) is 4.90 Å². The van der Waals surface area contributed by atoms with Crippen LogP contribution >= 0.6 is 15.9 Å². The molecule has 0 radical (unpaired) electrons. The minimum atomic E-state index is -1.11. The minimum Gasteiger partial charge on any atom is -0.480 e. The summed E-state index contributed by atoms with van der Waals surface area (Å²) in [7, 11) is 0. The predicted octanol–water partition coefficient (Wildman–Crippen LogP) is 3.28. The molecule has 6 heteroatoms. The predicted molar refractivity (Wildman–Crippen MR) is 75.4 cm³/mol. The highest BCUT2D eigenvalue weighted by Gasteiger charge is 2.26. The summed E-state index contributed by atoms with van der Waals surface area (Å²) in [5.41, 5.74) is -0.228. The van der Waals surface area contributed by atoms with E-state index in [1.165, 1.54) is 0 Å². The quantitative estimate of drug-likeness (QED) is 0.924. The molecule has 0 saturated carbocycles. The highest BCUT2D eigenvalue weighted by molar-refractivity contribution is 9.10. The lowest BCUT2D eigenvalue weighted by Gasteiger charge is -2.27. The third kappa shape index (κ3) is 4.90. The number of carbonyl (C=O) groups excluding carboxylic acids is 1. The number of rotatable bonds is 3. The number of carboxylic acid groups (broad SMARTS) is 1. The van der Waals surface area contributed by atoms with Gasteiger partial charge in [0.1, 0.15) is 12.1 Å². The molecule has 1 amide bonds. The lowest BCUT2D eigenvalue weighted by atomic mass is 10.2. The van der Waals surface area contributed by atoms with Crippen molar-refractivity contribution in [1.82, 2.24) is 0 Å². The average Bonchev–Trinajstić information content (AvgIpc) is 2.24. The van der Waals surface area contributed by atoms with Gasteiger partial charge in [-0.1, -0.05) is 12.1 Å². The Morgan fingerprint density at radius 1 is 1.32 bits per heavy atom. The van der Waals surface area contributed by atoms with E-state index in [1.54, 1.807) is 45.0 Å². The molecule has 1 N–H and O–H groups in total. The molecule has 0 unspecified atom stereocenters. The summed E-state index contributed by atoms with van der Waals surface area (Å²) in [6, 6.07) is 6.88. The second-order valence-electron chi connectivity index (χ2n) is 4.91. The number of carbonyl (C=O) groups is 2. The van der Waals surface area contributed by atoms with Gasteiger partial charge in [-0.15, -0.1) is 0 Å². The van der Waals surface area contributed by atoms with Crippen LogP contribution in [0.25, 0.3) is 0 Å². The topological polar surface area (TPSA) is 66.8 Å². The first kappa shape index (κ1) is 15.5. The smallest absolute Gasteiger partial charge is 0.415 e. The van der Waals surface area contributed by atoms with Crippen molar-refractivity contribution in [2.75, 3.05) is 11.4 Å². The Kier molecular flexibility index (Phi) is 4.94. The van der Waals surface area contributed by atoms with Crippen LogP contribution in [0.3, 0.4) is 0 Å². The molecular weight excluding hydrogens is 314 g/mol. The number of amides is 1.